The monoisotopic (exact) mass is 390 g/mol. The van der Waals surface area contributed by atoms with Gasteiger partial charge in [-0.15, -0.1) is 0 Å². The number of nitrogens with zero attached hydrogens (tertiary/aromatic N) is 3. The maximum Gasteiger partial charge on any atom is 0.257 e. The minimum absolute atomic E-state index is 0.222. The molecule has 1 aromatic carbocycles. The Labute approximate surface area is 169 Å². The molecule has 0 saturated carbocycles. The summed E-state index contributed by atoms with van der Waals surface area (Å²) in [5, 5.41) is 2.87. The standard InChI is InChI=1S/C22H22N4O3/c1-26(11-8-16-6-9-23-10-7-16)21-5-2-17(15-24-21)22(27)25-18-3-4-19-20(14-18)29-13-12-28-19/h2-7,9-10,14-15H,8,11-13H2,1H3,(H,25,27). The minimum atomic E-state index is -0.222. The summed E-state index contributed by atoms with van der Waals surface area (Å²) in [5.41, 5.74) is 2.37. The zero-order chi connectivity index (χ0) is 20.1. The summed E-state index contributed by atoms with van der Waals surface area (Å²) in [5.74, 6) is 1.92. The van der Waals surface area contributed by atoms with Gasteiger partial charge >= 0.3 is 0 Å². The van der Waals surface area contributed by atoms with Crippen molar-refractivity contribution in [1.29, 1.82) is 0 Å². The number of rotatable bonds is 6. The number of nitrogens with one attached hydrogen (secondary N) is 1. The van der Waals surface area contributed by atoms with E-state index < -0.39 is 0 Å². The summed E-state index contributed by atoms with van der Waals surface area (Å²) in [7, 11) is 1.98. The number of likely N-dealkylation sites (N-methyl/N-ethyl adjacent to an activating group) is 1. The molecule has 7 nitrogen and oxygen atoms in total. The van der Waals surface area contributed by atoms with Gasteiger partial charge in [0.1, 0.15) is 19.0 Å². The van der Waals surface area contributed by atoms with Gasteiger partial charge in [0.2, 0.25) is 0 Å². The van der Waals surface area contributed by atoms with Crippen molar-refractivity contribution < 1.29 is 14.3 Å². The molecule has 29 heavy (non-hydrogen) atoms. The van der Waals surface area contributed by atoms with Gasteiger partial charge in [-0.2, -0.15) is 0 Å². The molecule has 0 saturated heterocycles. The SMILES string of the molecule is CN(CCc1ccncc1)c1ccc(C(=O)Nc2ccc3c(c2)OCCO3)cn1. The molecule has 1 aliphatic rings. The first kappa shape index (κ1) is 18.7. The van der Waals surface area contributed by atoms with Crippen LogP contribution in [0.1, 0.15) is 15.9 Å². The van der Waals surface area contributed by atoms with Crippen LogP contribution in [0, 0.1) is 0 Å². The number of hydrogen-bond donors (Lipinski definition) is 1. The van der Waals surface area contributed by atoms with Crippen LogP contribution in [0.3, 0.4) is 0 Å². The van der Waals surface area contributed by atoms with Gasteiger partial charge in [0.05, 0.1) is 5.56 Å². The van der Waals surface area contributed by atoms with Crippen molar-refractivity contribution in [2.45, 2.75) is 6.42 Å². The lowest BCUT2D eigenvalue weighted by molar-refractivity contribution is 0.102. The number of benzene rings is 1. The molecule has 7 heteroatoms. The molecule has 3 heterocycles. The number of fused-ring (bicyclic) bond motifs is 1. The second kappa shape index (κ2) is 8.60. The van der Waals surface area contributed by atoms with Gasteiger partial charge in [0.25, 0.3) is 5.91 Å². The Bertz CT molecular complexity index is 977. The van der Waals surface area contributed by atoms with Crippen LogP contribution in [0.4, 0.5) is 11.5 Å². The summed E-state index contributed by atoms with van der Waals surface area (Å²) in [6.07, 6.45) is 6.07. The number of carbonyl (C=O) groups excluding carboxylic acids is 1. The van der Waals surface area contributed by atoms with E-state index in [1.165, 1.54) is 5.56 Å². The topological polar surface area (TPSA) is 76.6 Å². The number of pyridine rings is 2. The van der Waals surface area contributed by atoms with Crippen LogP contribution >= 0.6 is 0 Å². The molecule has 0 bridgehead atoms. The van der Waals surface area contributed by atoms with Crippen molar-refractivity contribution in [2.24, 2.45) is 0 Å². The van der Waals surface area contributed by atoms with E-state index in [1.54, 1.807) is 42.9 Å². The zero-order valence-electron chi connectivity index (χ0n) is 16.2. The van der Waals surface area contributed by atoms with Crippen LogP contribution in [-0.4, -0.2) is 42.7 Å². The Hall–Kier alpha value is -3.61. The number of carbonyl (C=O) groups is 1. The number of hydrogen-bond acceptors (Lipinski definition) is 6. The first-order chi connectivity index (χ1) is 14.2. The van der Waals surface area contributed by atoms with Crippen molar-refractivity contribution in [1.82, 2.24) is 9.97 Å². The number of ether oxygens (including phenoxy) is 2. The van der Waals surface area contributed by atoms with Crippen LogP contribution in [0.25, 0.3) is 0 Å². The van der Waals surface area contributed by atoms with Crippen molar-refractivity contribution in [2.75, 3.05) is 37.0 Å². The van der Waals surface area contributed by atoms with Gasteiger partial charge < -0.3 is 19.7 Å². The summed E-state index contributed by atoms with van der Waals surface area (Å²) in [4.78, 5) is 23.1. The number of aromatic nitrogens is 2. The largest absolute Gasteiger partial charge is 0.486 e. The van der Waals surface area contributed by atoms with Crippen molar-refractivity contribution in [3.05, 3.63) is 72.2 Å². The van der Waals surface area contributed by atoms with Crippen molar-refractivity contribution in [3.63, 3.8) is 0 Å². The minimum Gasteiger partial charge on any atom is -0.486 e. The fraction of sp³-hybridized carbons (Fsp3) is 0.227. The third-order valence-corrected chi connectivity index (χ3v) is 4.69. The normalized spacial score (nSPS) is 12.3. The smallest absolute Gasteiger partial charge is 0.257 e. The Morgan fingerprint density at radius 2 is 1.86 bits per heavy atom. The van der Waals surface area contributed by atoms with Gasteiger partial charge in [0, 0.05) is 43.9 Å². The lowest BCUT2D eigenvalue weighted by Crippen LogP contribution is -2.22. The molecule has 0 fully saturated rings. The van der Waals surface area contributed by atoms with Gasteiger partial charge in [-0.1, -0.05) is 0 Å². The average Bonchev–Trinajstić information content (AvgIpc) is 2.78. The zero-order valence-corrected chi connectivity index (χ0v) is 16.2. The highest BCUT2D eigenvalue weighted by atomic mass is 16.6. The van der Waals surface area contributed by atoms with Crippen LogP contribution in [0.2, 0.25) is 0 Å². The summed E-state index contributed by atoms with van der Waals surface area (Å²) in [6, 6.07) is 13.0. The second-order valence-electron chi connectivity index (χ2n) is 6.74. The molecule has 0 spiro atoms. The van der Waals surface area contributed by atoms with E-state index in [0.717, 1.165) is 18.8 Å². The Morgan fingerprint density at radius 3 is 2.62 bits per heavy atom. The van der Waals surface area contributed by atoms with Crippen molar-refractivity contribution >= 4 is 17.4 Å². The molecule has 0 radical (unpaired) electrons. The fourth-order valence-corrected chi connectivity index (χ4v) is 3.03. The number of amides is 1. The highest BCUT2D eigenvalue weighted by Gasteiger charge is 2.14. The third kappa shape index (κ3) is 4.63. The molecule has 0 unspecified atom stereocenters. The van der Waals surface area contributed by atoms with E-state index in [2.05, 4.69) is 20.2 Å². The maximum absolute atomic E-state index is 12.5. The van der Waals surface area contributed by atoms with E-state index in [4.69, 9.17) is 9.47 Å². The summed E-state index contributed by atoms with van der Waals surface area (Å²) < 4.78 is 11.0. The van der Waals surface area contributed by atoms with E-state index in [1.807, 2.05) is 25.2 Å². The Morgan fingerprint density at radius 1 is 1.07 bits per heavy atom. The summed E-state index contributed by atoms with van der Waals surface area (Å²) >= 11 is 0. The molecule has 1 aliphatic heterocycles. The third-order valence-electron chi connectivity index (χ3n) is 4.69. The lowest BCUT2D eigenvalue weighted by Gasteiger charge is -2.19. The first-order valence-electron chi connectivity index (χ1n) is 9.46. The van der Waals surface area contributed by atoms with Crippen LogP contribution in [-0.2, 0) is 6.42 Å². The van der Waals surface area contributed by atoms with Gasteiger partial charge in [0.15, 0.2) is 11.5 Å². The maximum atomic E-state index is 12.5. The van der Waals surface area contributed by atoms with Crippen molar-refractivity contribution in [3.8, 4) is 11.5 Å². The predicted molar refractivity (Wildman–Crippen MR) is 111 cm³/mol. The molecule has 0 atom stereocenters. The van der Waals surface area contributed by atoms with E-state index in [0.29, 0.717) is 36.0 Å². The average molecular weight is 390 g/mol. The highest BCUT2D eigenvalue weighted by molar-refractivity contribution is 6.04. The lowest BCUT2D eigenvalue weighted by atomic mass is 10.2. The molecule has 3 aromatic rings. The van der Waals surface area contributed by atoms with Gasteiger partial charge in [-0.05, 0) is 48.4 Å². The van der Waals surface area contributed by atoms with Crippen LogP contribution < -0.4 is 19.7 Å². The van der Waals surface area contributed by atoms with E-state index >= 15 is 0 Å². The fourth-order valence-electron chi connectivity index (χ4n) is 3.03. The first-order valence-corrected chi connectivity index (χ1v) is 9.46. The van der Waals surface area contributed by atoms with Gasteiger partial charge in [-0.3, -0.25) is 9.78 Å². The Balaban J connectivity index is 1.36. The van der Waals surface area contributed by atoms with E-state index in [-0.39, 0.29) is 5.91 Å². The molecular weight excluding hydrogens is 368 g/mol. The molecular formula is C22H22N4O3. The molecule has 1 amide bonds. The van der Waals surface area contributed by atoms with Gasteiger partial charge in [-0.25, -0.2) is 4.98 Å². The molecule has 1 N–H and O–H groups in total. The predicted octanol–water partition coefficient (Wildman–Crippen LogP) is 3.18. The summed E-state index contributed by atoms with van der Waals surface area (Å²) in [6.45, 7) is 1.86. The molecule has 148 valence electrons. The second-order valence-corrected chi connectivity index (χ2v) is 6.74. The highest BCUT2D eigenvalue weighted by Crippen LogP contribution is 2.32. The molecule has 4 rings (SSSR count). The quantitative estimate of drug-likeness (QED) is 0.697. The number of anilines is 2. The van der Waals surface area contributed by atoms with E-state index in [9.17, 15) is 4.79 Å². The molecule has 0 aliphatic carbocycles. The van der Waals surface area contributed by atoms with Crippen LogP contribution in [0.15, 0.2) is 61.1 Å². The Kier molecular flexibility index (Phi) is 5.56. The van der Waals surface area contributed by atoms with Crippen LogP contribution in [0.5, 0.6) is 11.5 Å². The molecule has 2 aromatic heterocycles.